The molecule has 3 rings (SSSR count). The molecule has 3 aromatic rings. The molecule has 3 nitrogen and oxygen atoms in total. The van der Waals surface area contributed by atoms with Crippen LogP contribution in [0.5, 0.6) is 0 Å². The summed E-state index contributed by atoms with van der Waals surface area (Å²) in [6.07, 6.45) is 4.97. The second-order valence-corrected chi connectivity index (χ2v) is 4.70. The summed E-state index contributed by atoms with van der Waals surface area (Å²) in [5, 5.41) is 5.08. The van der Waals surface area contributed by atoms with E-state index in [1.165, 1.54) is 0 Å². The number of furan rings is 1. The third-order valence-corrected chi connectivity index (χ3v) is 3.25. The van der Waals surface area contributed by atoms with Crippen LogP contribution < -0.4 is 5.32 Å². The highest BCUT2D eigenvalue weighted by Crippen LogP contribution is 2.19. The van der Waals surface area contributed by atoms with E-state index in [0.29, 0.717) is 6.54 Å². The molecule has 0 aliphatic carbocycles. The van der Waals surface area contributed by atoms with Gasteiger partial charge >= 0.3 is 0 Å². The highest BCUT2D eigenvalue weighted by molar-refractivity contribution is 5.96. The van der Waals surface area contributed by atoms with Crippen molar-refractivity contribution in [3.05, 3.63) is 78.3 Å². The van der Waals surface area contributed by atoms with Crippen molar-refractivity contribution in [2.24, 2.45) is 0 Å². The molecule has 21 heavy (non-hydrogen) atoms. The quantitative estimate of drug-likeness (QED) is 0.738. The van der Waals surface area contributed by atoms with Gasteiger partial charge in [0.2, 0.25) is 5.91 Å². The van der Waals surface area contributed by atoms with Gasteiger partial charge in [0.05, 0.1) is 12.8 Å². The second kappa shape index (κ2) is 6.09. The Labute approximate surface area is 122 Å². The normalized spacial score (nSPS) is 11.0. The fourth-order valence-electron chi connectivity index (χ4n) is 2.21. The molecule has 1 heterocycles. The first-order valence-electron chi connectivity index (χ1n) is 6.79. The fraction of sp³-hybridized carbons (Fsp3) is 0.0556. The van der Waals surface area contributed by atoms with Crippen LogP contribution in [0, 0.1) is 0 Å². The average molecular weight is 277 g/mol. The molecule has 0 aliphatic heterocycles. The molecular formula is C18H15NO2. The van der Waals surface area contributed by atoms with Crippen molar-refractivity contribution in [2.75, 3.05) is 0 Å². The summed E-state index contributed by atoms with van der Waals surface area (Å²) in [5.74, 6) is 0.598. The van der Waals surface area contributed by atoms with Crippen molar-refractivity contribution >= 4 is 22.8 Å². The Morgan fingerprint density at radius 2 is 1.90 bits per heavy atom. The van der Waals surface area contributed by atoms with Gasteiger partial charge in [-0.15, -0.1) is 0 Å². The lowest BCUT2D eigenvalue weighted by Gasteiger charge is -2.02. The molecule has 0 aliphatic rings. The highest BCUT2D eigenvalue weighted by Gasteiger charge is 2.00. The molecule has 1 amide bonds. The minimum absolute atomic E-state index is 0.140. The van der Waals surface area contributed by atoms with E-state index in [2.05, 4.69) is 23.5 Å². The van der Waals surface area contributed by atoms with E-state index in [0.717, 1.165) is 22.1 Å². The van der Waals surface area contributed by atoms with Crippen LogP contribution in [0.1, 0.15) is 11.3 Å². The number of carbonyl (C=O) groups excluding carboxylic acids is 1. The van der Waals surface area contributed by atoms with Crippen molar-refractivity contribution in [3.8, 4) is 0 Å². The number of rotatable bonds is 4. The molecule has 0 atom stereocenters. The molecule has 0 unspecified atom stereocenters. The van der Waals surface area contributed by atoms with E-state index in [9.17, 15) is 4.79 Å². The number of hydrogen-bond donors (Lipinski definition) is 1. The van der Waals surface area contributed by atoms with E-state index >= 15 is 0 Å². The van der Waals surface area contributed by atoms with Crippen LogP contribution >= 0.6 is 0 Å². The molecule has 0 radical (unpaired) electrons. The first-order chi connectivity index (χ1) is 10.3. The maximum Gasteiger partial charge on any atom is 0.244 e. The third kappa shape index (κ3) is 3.20. The number of nitrogens with one attached hydrogen (secondary N) is 1. The predicted molar refractivity (Wildman–Crippen MR) is 83.5 cm³/mol. The summed E-state index contributed by atoms with van der Waals surface area (Å²) in [6.45, 7) is 0.395. The largest absolute Gasteiger partial charge is 0.467 e. The van der Waals surface area contributed by atoms with Crippen LogP contribution in [0.3, 0.4) is 0 Å². The lowest BCUT2D eigenvalue weighted by molar-refractivity contribution is -0.116. The highest BCUT2D eigenvalue weighted by atomic mass is 16.3. The van der Waals surface area contributed by atoms with E-state index in [-0.39, 0.29) is 5.91 Å². The standard InChI is InChI=1S/C18H15NO2/c20-18(19-13-16-8-4-12-21-16)11-10-15-7-3-6-14-5-1-2-9-17(14)15/h1-12H,13H2,(H,19,20)/b11-10+. The number of carbonyl (C=O) groups is 1. The van der Waals surface area contributed by atoms with Gasteiger partial charge in [0.15, 0.2) is 0 Å². The number of fused-ring (bicyclic) bond motifs is 1. The molecule has 104 valence electrons. The van der Waals surface area contributed by atoms with Crippen LogP contribution in [0.25, 0.3) is 16.8 Å². The minimum Gasteiger partial charge on any atom is -0.467 e. The zero-order valence-electron chi connectivity index (χ0n) is 11.5. The lowest BCUT2D eigenvalue weighted by atomic mass is 10.0. The Hall–Kier alpha value is -2.81. The third-order valence-electron chi connectivity index (χ3n) is 3.25. The minimum atomic E-state index is -0.140. The van der Waals surface area contributed by atoms with E-state index in [4.69, 9.17) is 4.42 Å². The summed E-state index contributed by atoms with van der Waals surface area (Å²) < 4.78 is 5.17. The van der Waals surface area contributed by atoms with Gasteiger partial charge in [-0.3, -0.25) is 4.79 Å². The Bertz CT molecular complexity index is 768. The molecule has 0 bridgehead atoms. The Morgan fingerprint density at radius 3 is 2.76 bits per heavy atom. The molecule has 1 aromatic heterocycles. The predicted octanol–water partition coefficient (Wildman–Crippen LogP) is 3.76. The van der Waals surface area contributed by atoms with Crippen LogP contribution in [0.4, 0.5) is 0 Å². The van der Waals surface area contributed by atoms with Crippen LogP contribution in [-0.4, -0.2) is 5.91 Å². The molecule has 1 N–H and O–H groups in total. The molecule has 0 spiro atoms. The summed E-state index contributed by atoms with van der Waals surface area (Å²) in [6, 6.07) is 17.8. The van der Waals surface area contributed by atoms with E-state index < -0.39 is 0 Å². The van der Waals surface area contributed by atoms with Gasteiger partial charge in [-0.1, -0.05) is 42.5 Å². The SMILES string of the molecule is O=C(/C=C/c1cccc2ccccc12)NCc1ccco1. The molecule has 0 fully saturated rings. The van der Waals surface area contributed by atoms with Gasteiger partial charge in [0.25, 0.3) is 0 Å². The maximum absolute atomic E-state index is 11.8. The maximum atomic E-state index is 11.8. The van der Waals surface area contributed by atoms with Crippen molar-refractivity contribution < 1.29 is 9.21 Å². The zero-order valence-corrected chi connectivity index (χ0v) is 11.5. The van der Waals surface area contributed by atoms with E-state index in [1.54, 1.807) is 18.4 Å². The molecule has 0 saturated carbocycles. The Morgan fingerprint density at radius 1 is 1.05 bits per heavy atom. The first-order valence-corrected chi connectivity index (χ1v) is 6.79. The summed E-state index contributed by atoms with van der Waals surface area (Å²) in [7, 11) is 0. The smallest absolute Gasteiger partial charge is 0.244 e. The monoisotopic (exact) mass is 277 g/mol. The summed E-state index contributed by atoms with van der Waals surface area (Å²) in [4.78, 5) is 11.8. The number of benzene rings is 2. The van der Waals surface area contributed by atoms with E-state index in [1.807, 2.05) is 36.4 Å². The van der Waals surface area contributed by atoms with Crippen LogP contribution in [0.15, 0.2) is 71.4 Å². The van der Waals surface area contributed by atoms with Gasteiger partial charge in [0.1, 0.15) is 5.76 Å². The zero-order chi connectivity index (χ0) is 14.5. The van der Waals surface area contributed by atoms with Crippen LogP contribution in [0.2, 0.25) is 0 Å². The topological polar surface area (TPSA) is 42.2 Å². The first kappa shape index (κ1) is 13.2. The lowest BCUT2D eigenvalue weighted by Crippen LogP contribution is -2.19. The fourth-order valence-corrected chi connectivity index (χ4v) is 2.21. The second-order valence-electron chi connectivity index (χ2n) is 4.70. The Balaban J connectivity index is 1.71. The van der Waals surface area contributed by atoms with Gasteiger partial charge in [-0.05, 0) is 34.5 Å². The van der Waals surface area contributed by atoms with Gasteiger partial charge < -0.3 is 9.73 Å². The van der Waals surface area contributed by atoms with Crippen molar-refractivity contribution in [1.29, 1.82) is 0 Å². The number of amides is 1. The molecule has 3 heteroatoms. The van der Waals surface area contributed by atoms with Crippen molar-refractivity contribution in [2.45, 2.75) is 6.54 Å². The average Bonchev–Trinajstić information content (AvgIpc) is 3.04. The number of hydrogen-bond acceptors (Lipinski definition) is 2. The van der Waals surface area contributed by atoms with Gasteiger partial charge in [-0.2, -0.15) is 0 Å². The summed E-state index contributed by atoms with van der Waals surface area (Å²) in [5.41, 5.74) is 1.03. The molecule has 0 saturated heterocycles. The summed E-state index contributed by atoms with van der Waals surface area (Å²) >= 11 is 0. The molecule has 2 aromatic carbocycles. The van der Waals surface area contributed by atoms with Crippen molar-refractivity contribution in [3.63, 3.8) is 0 Å². The van der Waals surface area contributed by atoms with Crippen LogP contribution in [-0.2, 0) is 11.3 Å². The Kier molecular flexibility index (Phi) is 3.83. The van der Waals surface area contributed by atoms with Crippen molar-refractivity contribution in [1.82, 2.24) is 5.32 Å². The van der Waals surface area contributed by atoms with Gasteiger partial charge in [-0.25, -0.2) is 0 Å². The van der Waals surface area contributed by atoms with Gasteiger partial charge in [0, 0.05) is 6.08 Å². The molecular weight excluding hydrogens is 262 g/mol.